The number of nitrogens with zero attached hydrogens (tertiary/aromatic N) is 3. The van der Waals surface area contributed by atoms with Gasteiger partial charge in [0.15, 0.2) is 5.82 Å². The molecule has 0 fully saturated rings. The second kappa shape index (κ2) is 4.53. The molecule has 1 aromatic heterocycles. The van der Waals surface area contributed by atoms with Gasteiger partial charge in [0, 0.05) is 11.4 Å². The van der Waals surface area contributed by atoms with Gasteiger partial charge in [-0.3, -0.25) is 4.57 Å². The molecule has 0 aliphatic heterocycles. The molecule has 0 aliphatic rings. The third-order valence-corrected chi connectivity index (χ3v) is 2.85. The summed E-state index contributed by atoms with van der Waals surface area (Å²) in [5.74, 6) is -0.0213. The molecular weight excluding hydrogens is 243 g/mol. The van der Waals surface area contributed by atoms with E-state index in [4.69, 9.17) is 5.73 Å². The molecule has 4 nitrogen and oxygen atoms in total. The molecule has 19 heavy (non-hydrogen) atoms. The first-order valence-corrected chi connectivity index (χ1v) is 5.77. The fourth-order valence-corrected chi connectivity index (χ4v) is 1.96. The van der Waals surface area contributed by atoms with Crippen LogP contribution in [-0.4, -0.2) is 14.8 Å². The summed E-state index contributed by atoms with van der Waals surface area (Å²) in [7, 11) is 0. The number of nitrogens with two attached hydrogens (primary N) is 1. The van der Waals surface area contributed by atoms with E-state index in [-0.39, 0.29) is 5.56 Å². The Morgan fingerprint density at radius 1 is 1.00 bits per heavy atom. The van der Waals surface area contributed by atoms with Crippen molar-refractivity contribution < 1.29 is 4.39 Å². The maximum atomic E-state index is 13.9. The van der Waals surface area contributed by atoms with Crippen LogP contribution in [0.3, 0.4) is 0 Å². The average molecular weight is 254 g/mol. The molecule has 2 N–H and O–H groups in total. The van der Waals surface area contributed by atoms with Crippen LogP contribution in [0.4, 0.5) is 10.1 Å². The van der Waals surface area contributed by atoms with Crippen molar-refractivity contribution in [3.63, 3.8) is 0 Å². The van der Waals surface area contributed by atoms with E-state index < -0.39 is 5.82 Å². The number of aromatic nitrogens is 3. The zero-order chi connectivity index (χ0) is 13.2. The predicted molar refractivity (Wildman–Crippen MR) is 71.2 cm³/mol. The lowest BCUT2D eigenvalue weighted by Gasteiger charge is -2.09. The molecule has 0 saturated carbocycles. The predicted octanol–water partition coefficient (Wildman–Crippen LogP) is 2.66. The van der Waals surface area contributed by atoms with Crippen LogP contribution in [0.25, 0.3) is 17.1 Å². The van der Waals surface area contributed by atoms with Gasteiger partial charge in [-0.15, -0.1) is 10.2 Å². The average Bonchev–Trinajstić information content (AvgIpc) is 2.89. The third kappa shape index (κ3) is 1.95. The van der Waals surface area contributed by atoms with E-state index in [1.807, 2.05) is 30.3 Å². The van der Waals surface area contributed by atoms with Gasteiger partial charge in [0.1, 0.15) is 12.1 Å². The first-order chi connectivity index (χ1) is 9.27. The number of halogens is 1. The zero-order valence-corrected chi connectivity index (χ0v) is 9.99. The molecule has 5 heteroatoms. The van der Waals surface area contributed by atoms with Crippen molar-refractivity contribution in [2.75, 3.05) is 5.73 Å². The molecule has 3 aromatic rings. The maximum absolute atomic E-state index is 13.9. The van der Waals surface area contributed by atoms with Crippen molar-refractivity contribution in [2.45, 2.75) is 0 Å². The Bertz CT molecular complexity index is 686. The van der Waals surface area contributed by atoms with Gasteiger partial charge in [0.05, 0.1) is 5.56 Å². The molecule has 0 spiro atoms. The molecule has 0 aliphatic carbocycles. The van der Waals surface area contributed by atoms with Crippen LogP contribution in [0.15, 0.2) is 54.9 Å². The third-order valence-electron chi connectivity index (χ3n) is 2.85. The number of rotatable bonds is 2. The molecule has 2 aromatic carbocycles. The van der Waals surface area contributed by atoms with Gasteiger partial charge < -0.3 is 5.73 Å². The largest absolute Gasteiger partial charge is 0.398 e. The van der Waals surface area contributed by atoms with E-state index in [0.717, 1.165) is 5.69 Å². The lowest BCUT2D eigenvalue weighted by molar-refractivity contribution is 0.630. The number of benzene rings is 2. The Labute approximate surface area is 109 Å². The van der Waals surface area contributed by atoms with Crippen molar-refractivity contribution in [1.82, 2.24) is 14.8 Å². The summed E-state index contributed by atoms with van der Waals surface area (Å²) in [5.41, 5.74) is 7.30. The van der Waals surface area contributed by atoms with Crippen molar-refractivity contribution in [1.29, 1.82) is 0 Å². The van der Waals surface area contributed by atoms with Crippen LogP contribution in [0.1, 0.15) is 0 Å². The molecule has 0 bridgehead atoms. The van der Waals surface area contributed by atoms with Gasteiger partial charge in [-0.2, -0.15) is 0 Å². The quantitative estimate of drug-likeness (QED) is 0.715. The van der Waals surface area contributed by atoms with Gasteiger partial charge in [-0.1, -0.05) is 24.3 Å². The SMILES string of the molecule is Nc1cccc(F)c1-c1nncn1-c1ccccc1. The van der Waals surface area contributed by atoms with E-state index in [0.29, 0.717) is 11.5 Å². The highest BCUT2D eigenvalue weighted by Gasteiger charge is 2.15. The molecule has 0 atom stereocenters. The zero-order valence-electron chi connectivity index (χ0n) is 9.99. The summed E-state index contributed by atoms with van der Waals surface area (Å²) in [6.07, 6.45) is 1.54. The fraction of sp³-hybridized carbons (Fsp3) is 0. The molecule has 0 unspecified atom stereocenters. The van der Waals surface area contributed by atoms with E-state index >= 15 is 0 Å². The second-order valence-corrected chi connectivity index (χ2v) is 4.06. The Hall–Kier alpha value is -2.69. The van der Waals surface area contributed by atoms with Gasteiger partial charge in [0.2, 0.25) is 0 Å². The van der Waals surface area contributed by atoms with Crippen molar-refractivity contribution in [3.8, 4) is 17.1 Å². The summed E-state index contributed by atoms with van der Waals surface area (Å²) < 4.78 is 15.7. The molecule has 0 amide bonds. The molecule has 1 heterocycles. The van der Waals surface area contributed by atoms with E-state index in [2.05, 4.69) is 10.2 Å². The lowest BCUT2D eigenvalue weighted by Crippen LogP contribution is -2.01. The maximum Gasteiger partial charge on any atom is 0.173 e. The molecule has 3 rings (SSSR count). The standard InChI is InChI=1S/C14H11FN4/c15-11-7-4-8-12(16)13(11)14-18-17-9-19(14)10-5-2-1-3-6-10/h1-9H,16H2. The van der Waals surface area contributed by atoms with Gasteiger partial charge in [-0.05, 0) is 24.3 Å². The number of para-hydroxylation sites is 1. The lowest BCUT2D eigenvalue weighted by atomic mass is 10.1. The second-order valence-electron chi connectivity index (χ2n) is 4.06. The van der Waals surface area contributed by atoms with Gasteiger partial charge in [0.25, 0.3) is 0 Å². The van der Waals surface area contributed by atoms with Crippen LogP contribution < -0.4 is 5.73 Å². The van der Waals surface area contributed by atoms with Crippen molar-refractivity contribution in [2.24, 2.45) is 0 Å². The van der Waals surface area contributed by atoms with Crippen LogP contribution in [0.5, 0.6) is 0 Å². The Morgan fingerprint density at radius 2 is 1.79 bits per heavy atom. The van der Waals surface area contributed by atoms with E-state index in [9.17, 15) is 4.39 Å². The number of nitrogen functional groups attached to an aromatic ring is 1. The van der Waals surface area contributed by atoms with Gasteiger partial charge >= 0.3 is 0 Å². The number of anilines is 1. The minimum absolute atomic E-state index is 0.267. The van der Waals surface area contributed by atoms with Crippen LogP contribution in [0, 0.1) is 5.82 Å². The highest BCUT2D eigenvalue weighted by Crippen LogP contribution is 2.28. The Kier molecular flexibility index (Phi) is 2.72. The first-order valence-electron chi connectivity index (χ1n) is 5.77. The van der Waals surface area contributed by atoms with Crippen LogP contribution in [0.2, 0.25) is 0 Å². The topological polar surface area (TPSA) is 56.7 Å². The van der Waals surface area contributed by atoms with E-state index in [1.54, 1.807) is 16.7 Å². The highest BCUT2D eigenvalue weighted by atomic mass is 19.1. The molecule has 94 valence electrons. The summed E-state index contributed by atoms with van der Waals surface area (Å²) in [4.78, 5) is 0. The van der Waals surface area contributed by atoms with Gasteiger partial charge in [-0.25, -0.2) is 4.39 Å². The Balaban J connectivity index is 2.21. The van der Waals surface area contributed by atoms with E-state index in [1.165, 1.54) is 12.4 Å². The van der Waals surface area contributed by atoms with Crippen LogP contribution in [-0.2, 0) is 0 Å². The molecular formula is C14H11FN4. The minimum atomic E-state index is -0.412. The van der Waals surface area contributed by atoms with Crippen molar-refractivity contribution >= 4 is 5.69 Å². The van der Waals surface area contributed by atoms with Crippen LogP contribution >= 0.6 is 0 Å². The first kappa shape index (κ1) is 11.4. The summed E-state index contributed by atoms with van der Waals surface area (Å²) in [6.45, 7) is 0. The fourth-order valence-electron chi connectivity index (χ4n) is 1.96. The summed E-state index contributed by atoms with van der Waals surface area (Å²) >= 11 is 0. The Morgan fingerprint density at radius 3 is 2.53 bits per heavy atom. The number of hydrogen-bond donors (Lipinski definition) is 1. The molecule has 0 radical (unpaired) electrons. The summed E-state index contributed by atoms with van der Waals surface area (Å²) in [6, 6.07) is 14.0. The number of hydrogen-bond acceptors (Lipinski definition) is 3. The minimum Gasteiger partial charge on any atom is -0.398 e. The summed E-state index contributed by atoms with van der Waals surface area (Å²) in [5, 5.41) is 7.83. The highest BCUT2D eigenvalue weighted by molar-refractivity contribution is 5.73. The normalized spacial score (nSPS) is 10.6. The smallest absolute Gasteiger partial charge is 0.173 e. The monoisotopic (exact) mass is 254 g/mol. The van der Waals surface area contributed by atoms with Crippen molar-refractivity contribution in [3.05, 3.63) is 60.7 Å². The molecule has 0 saturated heterocycles.